The Bertz CT molecular complexity index is 358. The molecule has 4 heteroatoms. The van der Waals surface area contributed by atoms with E-state index in [1.165, 1.54) is 0 Å². The van der Waals surface area contributed by atoms with Crippen molar-refractivity contribution in [1.82, 2.24) is 0 Å². The maximum atomic E-state index is 11.3. The number of carboxylic acid groups (broad SMARTS) is 1. The van der Waals surface area contributed by atoms with Gasteiger partial charge >= 0.3 is 5.97 Å². The molecule has 0 radical (unpaired) electrons. The Morgan fingerprint density at radius 2 is 2.12 bits per heavy atom. The molecule has 1 aromatic rings. The monoisotopic (exact) mass is 238 g/mol. The summed E-state index contributed by atoms with van der Waals surface area (Å²) in [6.45, 7) is 0. The summed E-state index contributed by atoms with van der Waals surface area (Å²) < 4.78 is 5.68. The zero-order valence-corrected chi connectivity index (χ0v) is 9.70. The second kappa shape index (κ2) is 4.78. The first kappa shape index (κ1) is 11.3. The van der Waals surface area contributed by atoms with E-state index >= 15 is 0 Å². The Balaban J connectivity index is 2.17. The maximum absolute atomic E-state index is 11.3. The van der Waals surface area contributed by atoms with Crippen LogP contribution in [0.15, 0.2) is 30.3 Å². The number of carbonyl (C=O) groups is 1. The van der Waals surface area contributed by atoms with Crippen molar-refractivity contribution in [1.29, 1.82) is 0 Å². The van der Waals surface area contributed by atoms with Crippen LogP contribution in [0.2, 0.25) is 0 Å². The average Bonchev–Trinajstić information content (AvgIpc) is 2.31. The molecule has 1 fully saturated rings. The fourth-order valence-electron chi connectivity index (χ4n) is 1.78. The molecule has 0 bridgehead atoms. The van der Waals surface area contributed by atoms with Crippen molar-refractivity contribution >= 4 is 17.7 Å². The molecule has 1 aromatic carbocycles. The van der Waals surface area contributed by atoms with Crippen LogP contribution >= 0.6 is 11.8 Å². The number of thioether (sulfide) groups is 1. The van der Waals surface area contributed by atoms with E-state index in [0.717, 1.165) is 12.2 Å². The summed E-state index contributed by atoms with van der Waals surface area (Å²) >= 11 is 1.64. The van der Waals surface area contributed by atoms with Crippen LogP contribution in [0.25, 0.3) is 0 Å². The minimum Gasteiger partial charge on any atom is -0.478 e. The molecule has 1 aliphatic heterocycles. The van der Waals surface area contributed by atoms with Crippen molar-refractivity contribution in [2.75, 3.05) is 11.5 Å². The summed E-state index contributed by atoms with van der Waals surface area (Å²) in [5.41, 5.74) is -1.04. The van der Waals surface area contributed by atoms with E-state index in [-0.39, 0.29) is 0 Å². The number of para-hydroxylation sites is 1. The third-order valence-corrected chi connectivity index (χ3v) is 3.90. The molecule has 0 spiro atoms. The van der Waals surface area contributed by atoms with Crippen LogP contribution in [-0.2, 0) is 4.79 Å². The van der Waals surface area contributed by atoms with Crippen molar-refractivity contribution in [3.63, 3.8) is 0 Å². The average molecular weight is 238 g/mol. The minimum atomic E-state index is -1.04. The van der Waals surface area contributed by atoms with Crippen molar-refractivity contribution in [3.8, 4) is 5.75 Å². The fraction of sp³-hybridized carbons (Fsp3) is 0.417. The van der Waals surface area contributed by atoms with Crippen molar-refractivity contribution in [2.45, 2.75) is 18.4 Å². The second-order valence-corrected chi connectivity index (χ2v) is 4.98. The van der Waals surface area contributed by atoms with Crippen LogP contribution in [-0.4, -0.2) is 28.2 Å². The molecule has 0 aliphatic carbocycles. The van der Waals surface area contributed by atoms with Crippen LogP contribution < -0.4 is 4.74 Å². The molecule has 0 amide bonds. The Labute approximate surface area is 98.8 Å². The highest BCUT2D eigenvalue weighted by Crippen LogP contribution is 2.31. The van der Waals surface area contributed by atoms with Crippen LogP contribution in [0.5, 0.6) is 5.75 Å². The third kappa shape index (κ3) is 2.32. The first-order chi connectivity index (χ1) is 7.73. The van der Waals surface area contributed by atoms with E-state index in [1.807, 2.05) is 18.2 Å². The highest BCUT2D eigenvalue weighted by molar-refractivity contribution is 7.99. The van der Waals surface area contributed by atoms with E-state index in [1.54, 1.807) is 23.9 Å². The lowest BCUT2D eigenvalue weighted by Gasteiger charge is -2.33. The van der Waals surface area contributed by atoms with Gasteiger partial charge in [-0.05, 0) is 30.7 Å². The van der Waals surface area contributed by atoms with Gasteiger partial charge in [0.25, 0.3) is 0 Å². The van der Waals surface area contributed by atoms with Gasteiger partial charge in [-0.25, -0.2) is 4.79 Å². The second-order valence-electron chi connectivity index (χ2n) is 3.87. The molecule has 1 aliphatic rings. The Hall–Kier alpha value is -1.16. The zero-order valence-electron chi connectivity index (χ0n) is 8.89. The summed E-state index contributed by atoms with van der Waals surface area (Å²) in [4.78, 5) is 11.3. The molecule has 2 rings (SSSR count). The number of rotatable bonds is 3. The number of aliphatic carboxylic acids is 1. The lowest BCUT2D eigenvalue weighted by atomic mass is 9.99. The van der Waals surface area contributed by atoms with Crippen molar-refractivity contribution in [3.05, 3.63) is 30.3 Å². The highest BCUT2D eigenvalue weighted by atomic mass is 32.2. The fourth-order valence-corrected chi connectivity index (χ4v) is 2.93. The van der Waals surface area contributed by atoms with Crippen LogP contribution in [0.4, 0.5) is 0 Å². The van der Waals surface area contributed by atoms with Gasteiger partial charge in [-0.2, -0.15) is 11.8 Å². The van der Waals surface area contributed by atoms with Gasteiger partial charge in [0.05, 0.1) is 0 Å². The summed E-state index contributed by atoms with van der Waals surface area (Å²) in [5, 5.41) is 9.31. The zero-order chi connectivity index (χ0) is 11.4. The Morgan fingerprint density at radius 1 is 1.38 bits per heavy atom. The number of carboxylic acids is 1. The summed E-state index contributed by atoms with van der Waals surface area (Å²) in [6, 6.07) is 9.17. The van der Waals surface area contributed by atoms with Gasteiger partial charge in [0.15, 0.2) is 0 Å². The van der Waals surface area contributed by atoms with Crippen LogP contribution in [0.3, 0.4) is 0 Å². The smallest absolute Gasteiger partial charge is 0.348 e. The number of benzene rings is 1. The lowest BCUT2D eigenvalue weighted by molar-refractivity contribution is -0.154. The maximum Gasteiger partial charge on any atom is 0.348 e. The summed E-state index contributed by atoms with van der Waals surface area (Å²) in [7, 11) is 0. The molecule has 86 valence electrons. The largest absolute Gasteiger partial charge is 0.478 e. The molecule has 16 heavy (non-hydrogen) atoms. The van der Waals surface area contributed by atoms with E-state index in [2.05, 4.69) is 0 Å². The van der Waals surface area contributed by atoms with Crippen molar-refractivity contribution < 1.29 is 14.6 Å². The van der Waals surface area contributed by atoms with E-state index in [0.29, 0.717) is 17.9 Å². The molecule has 1 atom stereocenters. The van der Waals surface area contributed by atoms with Crippen LogP contribution in [0.1, 0.15) is 12.8 Å². The van der Waals surface area contributed by atoms with Gasteiger partial charge in [-0.15, -0.1) is 0 Å². The van der Waals surface area contributed by atoms with Gasteiger partial charge < -0.3 is 9.84 Å². The number of hydrogen-bond donors (Lipinski definition) is 1. The SMILES string of the molecule is O=C(O)C1(Oc2ccccc2)CCCSC1. The molecule has 1 heterocycles. The molecular weight excluding hydrogens is 224 g/mol. The molecule has 1 saturated heterocycles. The molecule has 0 saturated carbocycles. The predicted molar refractivity (Wildman–Crippen MR) is 64.0 cm³/mol. The third-order valence-electron chi connectivity index (χ3n) is 2.65. The highest BCUT2D eigenvalue weighted by Gasteiger charge is 2.42. The number of hydrogen-bond acceptors (Lipinski definition) is 3. The van der Waals surface area contributed by atoms with E-state index in [9.17, 15) is 9.90 Å². The van der Waals surface area contributed by atoms with Crippen molar-refractivity contribution in [2.24, 2.45) is 0 Å². The van der Waals surface area contributed by atoms with Gasteiger partial charge in [0.1, 0.15) is 5.75 Å². The quantitative estimate of drug-likeness (QED) is 0.878. The molecule has 1 unspecified atom stereocenters. The molecule has 3 nitrogen and oxygen atoms in total. The first-order valence-electron chi connectivity index (χ1n) is 5.28. The molecular formula is C12H14O3S. The lowest BCUT2D eigenvalue weighted by Crippen LogP contribution is -2.48. The van der Waals surface area contributed by atoms with Gasteiger partial charge in [-0.3, -0.25) is 0 Å². The minimum absolute atomic E-state index is 0.525. The summed E-state index contributed by atoms with van der Waals surface area (Å²) in [5.74, 6) is 1.32. The number of ether oxygens (including phenoxy) is 1. The normalized spacial score (nSPS) is 25.0. The van der Waals surface area contributed by atoms with Crippen LogP contribution in [0, 0.1) is 0 Å². The van der Waals surface area contributed by atoms with E-state index < -0.39 is 11.6 Å². The summed E-state index contributed by atoms with van der Waals surface area (Å²) in [6.07, 6.45) is 1.48. The van der Waals surface area contributed by atoms with Gasteiger partial charge in [0, 0.05) is 5.75 Å². The Kier molecular flexibility index (Phi) is 3.39. The van der Waals surface area contributed by atoms with Gasteiger partial charge in [0.2, 0.25) is 5.60 Å². The standard InChI is InChI=1S/C12H14O3S/c13-11(14)12(7-4-8-16-9-12)15-10-5-2-1-3-6-10/h1-3,5-6H,4,7-9H2,(H,13,14). The first-order valence-corrected chi connectivity index (χ1v) is 6.44. The predicted octanol–water partition coefficient (Wildman–Crippen LogP) is 2.42. The Morgan fingerprint density at radius 3 is 2.69 bits per heavy atom. The topological polar surface area (TPSA) is 46.5 Å². The van der Waals surface area contributed by atoms with E-state index in [4.69, 9.17) is 4.74 Å². The molecule has 1 N–H and O–H groups in total. The van der Waals surface area contributed by atoms with Gasteiger partial charge in [-0.1, -0.05) is 18.2 Å². The molecule has 0 aromatic heterocycles.